The number of aromatic nitrogens is 1. The van der Waals surface area contributed by atoms with Gasteiger partial charge < -0.3 is 14.8 Å². The second-order valence-electron chi connectivity index (χ2n) is 8.19. The average molecular weight is 439 g/mol. The van der Waals surface area contributed by atoms with E-state index in [-0.39, 0.29) is 29.6 Å². The average Bonchev–Trinajstić information content (AvgIpc) is 3.12. The molecular formula is C22H25F4N3O2. The van der Waals surface area contributed by atoms with Gasteiger partial charge in [0.1, 0.15) is 12.2 Å². The minimum absolute atomic E-state index is 0.0263. The van der Waals surface area contributed by atoms with Gasteiger partial charge in [-0.05, 0) is 35.6 Å². The molecular weight excluding hydrogens is 414 g/mol. The predicted octanol–water partition coefficient (Wildman–Crippen LogP) is 4.70. The van der Waals surface area contributed by atoms with Crippen LogP contribution in [0.5, 0.6) is 0 Å². The van der Waals surface area contributed by atoms with Crippen LogP contribution in [-0.4, -0.2) is 59.5 Å². The molecule has 3 rings (SSSR count). The monoisotopic (exact) mass is 439 g/mol. The highest BCUT2D eigenvalue weighted by Gasteiger charge is 2.32. The van der Waals surface area contributed by atoms with Gasteiger partial charge in [0.25, 0.3) is 5.91 Å². The zero-order valence-electron chi connectivity index (χ0n) is 17.9. The summed E-state index contributed by atoms with van der Waals surface area (Å²) >= 11 is 0. The number of fused-ring (bicyclic) bond motifs is 1. The van der Waals surface area contributed by atoms with Crippen molar-refractivity contribution in [2.75, 3.05) is 26.7 Å². The number of benzene rings is 1. The van der Waals surface area contributed by atoms with Crippen molar-refractivity contribution in [1.29, 1.82) is 0 Å². The molecule has 31 heavy (non-hydrogen) atoms. The Morgan fingerprint density at radius 2 is 1.94 bits per heavy atom. The first-order chi connectivity index (χ1) is 14.4. The van der Waals surface area contributed by atoms with Gasteiger partial charge in [-0.1, -0.05) is 19.9 Å². The van der Waals surface area contributed by atoms with Gasteiger partial charge in [-0.15, -0.1) is 0 Å². The second kappa shape index (κ2) is 8.36. The minimum Gasteiger partial charge on any atom is -0.348 e. The van der Waals surface area contributed by atoms with Gasteiger partial charge in [-0.3, -0.25) is 9.59 Å². The van der Waals surface area contributed by atoms with Gasteiger partial charge in [-0.2, -0.15) is 13.2 Å². The summed E-state index contributed by atoms with van der Waals surface area (Å²) < 4.78 is 53.5. The Bertz CT molecular complexity index is 1050. The molecule has 0 saturated heterocycles. The van der Waals surface area contributed by atoms with E-state index in [2.05, 4.69) is 4.98 Å². The highest BCUT2D eigenvalue weighted by Crippen LogP contribution is 2.35. The lowest BCUT2D eigenvalue weighted by Crippen LogP contribution is -2.35. The first-order valence-corrected chi connectivity index (χ1v) is 10.0. The Morgan fingerprint density at radius 1 is 1.26 bits per heavy atom. The van der Waals surface area contributed by atoms with Gasteiger partial charge in [0.15, 0.2) is 5.82 Å². The first kappa shape index (κ1) is 22.8. The van der Waals surface area contributed by atoms with Crippen molar-refractivity contribution in [3.05, 3.63) is 40.8 Å². The largest absolute Gasteiger partial charge is 0.406 e. The quantitative estimate of drug-likeness (QED) is 0.702. The molecule has 0 bridgehead atoms. The summed E-state index contributed by atoms with van der Waals surface area (Å²) in [7, 11) is 1.05. The lowest BCUT2D eigenvalue weighted by atomic mass is 9.92. The summed E-state index contributed by atoms with van der Waals surface area (Å²) in [6.45, 7) is 4.72. The predicted molar refractivity (Wildman–Crippen MR) is 110 cm³/mol. The molecule has 1 aliphatic heterocycles. The maximum Gasteiger partial charge on any atom is 0.406 e. The summed E-state index contributed by atoms with van der Waals surface area (Å²) in [6, 6.07) is 3.11. The third kappa shape index (κ3) is 4.75. The topological polar surface area (TPSA) is 56.4 Å². The molecule has 0 aliphatic carbocycles. The Kier molecular flexibility index (Phi) is 6.16. The summed E-state index contributed by atoms with van der Waals surface area (Å²) in [5.41, 5.74) is 1.72. The van der Waals surface area contributed by atoms with E-state index in [9.17, 15) is 22.8 Å². The van der Waals surface area contributed by atoms with Crippen LogP contribution < -0.4 is 0 Å². The van der Waals surface area contributed by atoms with Crippen LogP contribution in [0.2, 0.25) is 0 Å². The van der Waals surface area contributed by atoms with Gasteiger partial charge in [0.2, 0.25) is 5.91 Å². The second-order valence-corrected chi connectivity index (χ2v) is 8.19. The van der Waals surface area contributed by atoms with Crippen molar-refractivity contribution in [2.24, 2.45) is 0 Å². The zero-order valence-corrected chi connectivity index (χ0v) is 17.9. The molecule has 0 atom stereocenters. The number of hydrogen-bond donors (Lipinski definition) is 1. The molecule has 5 nitrogen and oxygen atoms in total. The highest BCUT2D eigenvalue weighted by atomic mass is 19.4. The molecule has 168 valence electrons. The molecule has 2 amide bonds. The van der Waals surface area contributed by atoms with Crippen molar-refractivity contribution >= 4 is 28.3 Å². The van der Waals surface area contributed by atoms with Crippen molar-refractivity contribution in [3.8, 4) is 0 Å². The SMILES string of the molecule is CC(=O)N1CCC=C(c2cc(C(C)C)c3cc(C(=O)N(C)CC(F)(F)F)[nH]c3c2F)C1. The fourth-order valence-electron chi connectivity index (χ4n) is 3.87. The van der Waals surface area contributed by atoms with Crippen LogP contribution in [0.15, 0.2) is 18.2 Å². The fraction of sp³-hybridized carbons (Fsp3) is 0.455. The maximum atomic E-state index is 15.5. The molecule has 1 aromatic heterocycles. The molecule has 0 fully saturated rings. The summed E-state index contributed by atoms with van der Waals surface area (Å²) in [5.74, 6) is -1.59. The van der Waals surface area contributed by atoms with E-state index < -0.39 is 24.4 Å². The number of hydrogen-bond acceptors (Lipinski definition) is 2. The molecule has 2 aromatic rings. The number of rotatable bonds is 4. The standard InChI is InChI=1S/C22H25F4N3O2/c1-12(2)15-8-16(14-6-5-7-29(10-14)13(3)30)19(23)20-17(15)9-18(27-20)21(31)28(4)11-22(24,25)26/h6,8-9,12,27H,5,7,10-11H2,1-4H3. The van der Waals surface area contributed by atoms with E-state index in [0.29, 0.717) is 34.4 Å². The molecule has 0 unspecified atom stereocenters. The Balaban J connectivity index is 2.08. The molecule has 9 heteroatoms. The number of H-pyrrole nitrogens is 1. The number of amides is 2. The van der Waals surface area contributed by atoms with Crippen LogP contribution in [0.3, 0.4) is 0 Å². The molecule has 1 aromatic carbocycles. The smallest absolute Gasteiger partial charge is 0.348 e. The van der Waals surface area contributed by atoms with Gasteiger partial charge >= 0.3 is 6.18 Å². The highest BCUT2D eigenvalue weighted by molar-refractivity contribution is 6.00. The third-order valence-corrected chi connectivity index (χ3v) is 5.44. The summed E-state index contributed by atoms with van der Waals surface area (Å²) in [5, 5.41) is 0.458. The summed E-state index contributed by atoms with van der Waals surface area (Å²) in [6.07, 6.45) is -2.05. The van der Waals surface area contributed by atoms with Crippen molar-refractivity contribution in [1.82, 2.24) is 14.8 Å². The van der Waals surface area contributed by atoms with Crippen molar-refractivity contribution in [3.63, 3.8) is 0 Å². The molecule has 1 aliphatic rings. The van der Waals surface area contributed by atoms with Crippen LogP contribution in [0.1, 0.15) is 54.7 Å². The normalized spacial score (nSPS) is 14.9. The lowest BCUT2D eigenvalue weighted by Gasteiger charge is -2.27. The van der Waals surface area contributed by atoms with E-state index in [1.54, 1.807) is 11.0 Å². The number of nitrogens with zero attached hydrogens (tertiary/aromatic N) is 2. The maximum absolute atomic E-state index is 15.5. The van der Waals surface area contributed by atoms with E-state index in [1.807, 2.05) is 19.9 Å². The number of carbonyl (C=O) groups excluding carboxylic acids is 2. The molecule has 2 heterocycles. The van der Waals surface area contributed by atoms with E-state index >= 15 is 4.39 Å². The van der Waals surface area contributed by atoms with E-state index in [4.69, 9.17) is 0 Å². The van der Waals surface area contributed by atoms with Crippen LogP contribution in [-0.2, 0) is 4.79 Å². The van der Waals surface area contributed by atoms with Crippen LogP contribution in [0, 0.1) is 5.82 Å². The van der Waals surface area contributed by atoms with Gasteiger partial charge in [0, 0.05) is 38.0 Å². The van der Waals surface area contributed by atoms with Gasteiger partial charge in [0.05, 0.1) is 5.52 Å². The lowest BCUT2D eigenvalue weighted by molar-refractivity contribution is -0.138. The Hall–Kier alpha value is -2.84. The zero-order chi connectivity index (χ0) is 23.1. The summed E-state index contributed by atoms with van der Waals surface area (Å²) in [4.78, 5) is 29.1. The Morgan fingerprint density at radius 3 is 2.52 bits per heavy atom. The van der Waals surface area contributed by atoms with Crippen molar-refractivity contribution < 1.29 is 27.2 Å². The Labute approximate surface area is 177 Å². The number of carbonyl (C=O) groups is 2. The van der Waals surface area contributed by atoms with E-state index in [1.165, 1.54) is 13.0 Å². The molecule has 0 radical (unpaired) electrons. The molecule has 0 saturated carbocycles. The van der Waals surface area contributed by atoms with Crippen LogP contribution in [0.4, 0.5) is 17.6 Å². The fourth-order valence-corrected chi connectivity index (χ4v) is 3.87. The minimum atomic E-state index is -4.53. The number of halogens is 4. The number of aromatic amines is 1. The number of alkyl halides is 3. The van der Waals surface area contributed by atoms with E-state index in [0.717, 1.165) is 12.6 Å². The molecule has 1 N–H and O–H groups in total. The van der Waals surface area contributed by atoms with Crippen LogP contribution in [0.25, 0.3) is 16.5 Å². The molecule has 0 spiro atoms. The van der Waals surface area contributed by atoms with Gasteiger partial charge in [-0.25, -0.2) is 4.39 Å². The first-order valence-electron chi connectivity index (χ1n) is 10.0. The van der Waals surface area contributed by atoms with Crippen LogP contribution >= 0.6 is 0 Å². The van der Waals surface area contributed by atoms with Crippen molar-refractivity contribution in [2.45, 2.75) is 39.3 Å². The number of nitrogens with one attached hydrogen (secondary N) is 1. The third-order valence-electron chi connectivity index (χ3n) is 5.44.